The summed E-state index contributed by atoms with van der Waals surface area (Å²) in [7, 11) is 0. The van der Waals surface area contributed by atoms with Crippen LogP contribution in [0.4, 0.5) is 0 Å². The predicted molar refractivity (Wildman–Crippen MR) is 131 cm³/mol. The minimum absolute atomic E-state index is 0.259. The molecule has 0 aromatic heterocycles. The van der Waals surface area contributed by atoms with Gasteiger partial charge in [0.05, 0.1) is 17.8 Å². The van der Waals surface area contributed by atoms with Gasteiger partial charge in [-0.2, -0.15) is 0 Å². The molecule has 4 aliphatic carbocycles. The molecule has 4 saturated carbocycles. The molecule has 3 N–H and O–H groups in total. The van der Waals surface area contributed by atoms with Gasteiger partial charge in [-0.05, 0) is 98.2 Å². The van der Waals surface area contributed by atoms with E-state index in [0.29, 0.717) is 29.6 Å². The number of hydrogen-bond donors (Lipinski definition) is 3. The molecule has 32 heavy (non-hydrogen) atoms. The Balaban J connectivity index is 1.51. The maximum atomic E-state index is 11.7. The van der Waals surface area contributed by atoms with E-state index in [9.17, 15) is 15.3 Å². The second-order valence-electron chi connectivity index (χ2n) is 13.6. The quantitative estimate of drug-likeness (QED) is 0.454. The minimum atomic E-state index is -1.11. The summed E-state index contributed by atoms with van der Waals surface area (Å²) < 4.78 is 0. The molecule has 3 heteroatoms. The van der Waals surface area contributed by atoms with Crippen LogP contribution in [-0.4, -0.2) is 33.1 Å². The Morgan fingerprint density at radius 2 is 1.62 bits per heavy atom. The van der Waals surface area contributed by atoms with Crippen LogP contribution in [-0.2, 0) is 0 Å². The third kappa shape index (κ3) is 3.72. The van der Waals surface area contributed by atoms with Gasteiger partial charge in [-0.25, -0.2) is 0 Å². The lowest BCUT2D eigenvalue weighted by molar-refractivity contribution is -0.264. The first-order chi connectivity index (χ1) is 15.0. The highest BCUT2D eigenvalue weighted by Crippen LogP contribution is 2.69. The second kappa shape index (κ2) is 8.83. The van der Waals surface area contributed by atoms with Crippen LogP contribution in [0, 0.1) is 52.3 Å². The molecule has 0 aromatic carbocycles. The van der Waals surface area contributed by atoms with Gasteiger partial charge in [0.25, 0.3) is 0 Å². The van der Waals surface area contributed by atoms with Crippen LogP contribution in [0.15, 0.2) is 0 Å². The van der Waals surface area contributed by atoms with Crippen molar-refractivity contribution in [2.24, 2.45) is 52.3 Å². The zero-order valence-electron chi connectivity index (χ0n) is 21.8. The highest BCUT2D eigenvalue weighted by molar-refractivity contribution is 5.17. The molecule has 11 atom stereocenters. The monoisotopic (exact) mass is 448 g/mol. The Morgan fingerprint density at radius 1 is 0.906 bits per heavy atom. The smallest absolute Gasteiger partial charge is 0.0985 e. The lowest BCUT2D eigenvalue weighted by Crippen LogP contribution is -2.68. The van der Waals surface area contributed by atoms with Crippen molar-refractivity contribution in [3.8, 4) is 0 Å². The fourth-order valence-electron chi connectivity index (χ4n) is 9.92. The van der Waals surface area contributed by atoms with E-state index < -0.39 is 17.8 Å². The molecular weight excluding hydrogens is 396 g/mol. The standard InChI is InChI=1S/C29H52O3/c1-7-20(18(2)3)9-8-19(4)23-10-11-24-22-16-26(31)29(32)17-21(30)12-15-28(29,6)25(22)13-14-27(23,24)5/h18-26,30-32H,7-17H2,1-6H3/t19-,20-,21-,22+,23-,24+,25+,26+,27-,28-,29+/m1/s1. The van der Waals surface area contributed by atoms with E-state index in [-0.39, 0.29) is 5.41 Å². The van der Waals surface area contributed by atoms with Crippen molar-refractivity contribution in [1.82, 2.24) is 0 Å². The normalized spacial score (nSPS) is 50.4. The predicted octanol–water partition coefficient (Wildman–Crippen LogP) is 6.19. The Labute approximate surface area is 197 Å². The first-order valence-electron chi connectivity index (χ1n) is 14.1. The Bertz CT molecular complexity index is 663. The highest BCUT2D eigenvalue weighted by Gasteiger charge is 2.67. The molecule has 0 aromatic rings. The fraction of sp³-hybridized carbons (Fsp3) is 1.00. The average Bonchev–Trinajstić information content (AvgIpc) is 3.08. The number of aliphatic hydroxyl groups is 3. The van der Waals surface area contributed by atoms with Crippen LogP contribution in [0.5, 0.6) is 0 Å². The van der Waals surface area contributed by atoms with Crippen molar-refractivity contribution in [3.05, 3.63) is 0 Å². The van der Waals surface area contributed by atoms with Crippen LogP contribution in [0.1, 0.15) is 112 Å². The van der Waals surface area contributed by atoms with Gasteiger partial charge in [-0.3, -0.25) is 0 Å². The Morgan fingerprint density at radius 3 is 2.28 bits per heavy atom. The first-order valence-corrected chi connectivity index (χ1v) is 14.1. The highest BCUT2D eigenvalue weighted by atomic mass is 16.3. The molecule has 4 fully saturated rings. The molecule has 0 amide bonds. The van der Waals surface area contributed by atoms with E-state index in [2.05, 4.69) is 41.5 Å². The summed E-state index contributed by atoms with van der Waals surface area (Å²) in [6.45, 7) is 14.5. The van der Waals surface area contributed by atoms with Crippen molar-refractivity contribution >= 4 is 0 Å². The van der Waals surface area contributed by atoms with Crippen LogP contribution < -0.4 is 0 Å². The fourth-order valence-corrected chi connectivity index (χ4v) is 9.92. The molecule has 0 bridgehead atoms. The van der Waals surface area contributed by atoms with Gasteiger partial charge in [-0.1, -0.05) is 54.4 Å². The molecule has 0 unspecified atom stereocenters. The molecule has 0 saturated heterocycles. The van der Waals surface area contributed by atoms with Crippen molar-refractivity contribution in [2.45, 2.75) is 130 Å². The second-order valence-corrected chi connectivity index (χ2v) is 13.6. The van der Waals surface area contributed by atoms with Crippen molar-refractivity contribution in [1.29, 1.82) is 0 Å². The Hall–Kier alpha value is -0.120. The Kier molecular flexibility index (Phi) is 6.89. The van der Waals surface area contributed by atoms with Crippen molar-refractivity contribution in [2.75, 3.05) is 0 Å². The number of aliphatic hydroxyl groups excluding tert-OH is 2. The van der Waals surface area contributed by atoms with Gasteiger partial charge < -0.3 is 15.3 Å². The lowest BCUT2D eigenvalue weighted by atomic mass is 9.42. The topological polar surface area (TPSA) is 60.7 Å². The van der Waals surface area contributed by atoms with Crippen molar-refractivity contribution in [3.63, 3.8) is 0 Å². The van der Waals surface area contributed by atoms with Gasteiger partial charge in [0.1, 0.15) is 0 Å². The summed E-state index contributed by atoms with van der Waals surface area (Å²) in [4.78, 5) is 0. The largest absolute Gasteiger partial charge is 0.393 e. The van der Waals surface area contributed by atoms with E-state index >= 15 is 0 Å². The molecular formula is C29H52O3. The SMILES string of the molecule is CC[C@H](CC[C@@H](C)[C@H]1CC[C@H]2[C@@H]3C[C@H](O)[C@@]4(O)C[C@H](O)CC[C@]4(C)[C@H]3CC[C@]12C)C(C)C. The summed E-state index contributed by atoms with van der Waals surface area (Å²) >= 11 is 0. The molecule has 0 spiro atoms. The third-order valence-electron chi connectivity index (χ3n) is 12.1. The summed E-state index contributed by atoms with van der Waals surface area (Å²) in [5, 5.41) is 33.2. The number of hydrogen-bond acceptors (Lipinski definition) is 3. The van der Waals surface area contributed by atoms with Crippen molar-refractivity contribution < 1.29 is 15.3 Å². The van der Waals surface area contributed by atoms with Crippen LogP contribution >= 0.6 is 0 Å². The molecule has 4 aliphatic rings. The maximum Gasteiger partial charge on any atom is 0.0985 e. The summed E-state index contributed by atoms with van der Waals surface area (Å²) in [6.07, 6.45) is 10.7. The number of rotatable bonds is 6. The zero-order chi connectivity index (χ0) is 23.5. The summed E-state index contributed by atoms with van der Waals surface area (Å²) in [5.74, 6) is 4.92. The molecule has 0 aliphatic heterocycles. The zero-order valence-corrected chi connectivity index (χ0v) is 21.8. The van der Waals surface area contributed by atoms with Crippen LogP contribution in [0.2, 0.25) is 0 Å². The van der Waals surface area contributed by atoms with Gasteiger partial charge in [0.15, 0.2) is 0 Å². The molecule has 4 rings (SSSR count). The molecule has 186 valence electrons. The maximum absolute atomic E-state index is 11.7. The van der Waals surface area contributed by atoms with Gasteiger partial charge >= 0.3 is 0 Å². The average molecular weight is 449 g/mol. The van der Waals surface area contributed by atoms with Gasteiger partial charge in [-0.15, -0.1) is 0 Å². The van der Waals surface area contributed by atoms with E-state index in [4.69, 9.17) is 0 Å². The van der Waals surface area contributed by atoms with Crippen LogP contribution in [0.3, 0.4) is 0 Å². The molecule has 0 heterocycles. The first kappa shape index (κ1) is 25.0. The minimum Gasteiger partial charge on any atom is -0.393 e. The molecule has 0 radical (unpaired) electrons. The lowest BCUT2D eigenvalue weighted by Gasteiger charge is -2.65. The summed E-state index contributed by atoms with van der Waals surface area (Å²) in [5.41, 5.74) is -0.984. The number of fused-ring (bicyclic) bond motifs is 5. The van der Waals surface area contributed by atoms with Crippen LogP contribution in [0.25, 0.3) is 0 Å². The molecule has 3 nitrogen and oxygen atoms in total. The van der Waals surface area contributed by atoms with Gasteiger partial charge in [0.2, 0.25) is 0 Å². The third-order valence-corrected chi connectivity index (χ3v) is 12.1. The van der Waals surface area contributed by atoms with E-state index in [1.807, 2.05) is 0 Å². The summed E-state index contributed by atoms with van der Waals surface area (Å²) in [6, 6.07) is 0. The van der Waals surface area contributed by atoms with E-state index in [1.54, 1.807) is 0 Å². The van der Waals surface area contributed by atoms with E-state index in [0.717, 1.165) is 42.9 Å². The van der Waals surface area contributed by atoms with Gasteiger partial charge in [0, 0.05) is 11.8 Å². The van der Waals surface area contributed by atoms with E-state index in [1.165, 1.54) is 44.9 Å².